The summed E-state index contributed by atoms with van der Waals surface area (Å²) >= 11 is 0. The van der Waals surface area contributed by atoms with Crippen molar-refractivity contribution in [1.82, 2.24) is 9.97 Å². The fourth-order valence-electron chi connectivity index (χ4n) is 7.16. The van der Waals surface area contributed by atoms with Crippen molar-refractivity contribution >= 4 is 0 Å². The molecule has 318 valence electrons. The van der Waals surface area contributed by atoms with Gasteiger partial charge in [0, 0.05) is 24.0 Å². The summed E-state index contributed by atoms with van der Waals surface area (Å²) in [4.78, 5) is 9.23. The van der Waals surface area contributed by atoms with Gasteiger partial charge in [0.25, 0.3) is 0 Å². The third-order valence-electron chi connectivity index (χ3n) is 10.8. The summed E-state index contributed by atoms with van der Waals surface area (Å²) in [5.74, 6) is 4.33. The van der Waals surface area contributed by atoms with E-state index < -0.39 is 0 Å². The van der Waals surface area contributed by atoms with Crippen LogP contribution in [0.5, 0.6) is 23.0 Å². The highest BCUT2D eigenvalue weighted by molar-refractivity contribution is 5.65. The van der Waals surface area contributed by atoms with Gasteiger partial charge in [0.05, 0.1) is 38.1 Å². The Bertz CT molecular complexity index is 1910. The Morgan fingerprint density at radius 3 is 1.30 bits per heavy atom. The van der Waals surface area contributed by atoms with E-state index in [2.05, 4.69) is 47.2 Å². The van der Waals surface area contributed by atoms with Gasteiger partial charge in [-0.1, -0.05) is 121 Å². The van der Waals surface area contributed by atoms with Crippen LogP contribution in [-0.2, 0) is 6.42 Å². The second-order valence-corrected chi connectivity index (χ2v) is 15.8. The average Bonchev–Trinajstić information content (AvgIpc) is 3.29. The molecule has 5 aromatic rings. The summed E-state index contributed by atoms with van der Waals surface area (Å²) in [7, 11) is 0. The molecule has 0 amide bonds. The molecule has 0 saturated heterocycles. The molecule has 1 aromatic heterocycles. The summed E-state index contributed by atoms with van der Waals surface area (Å²) < 4.78 is 24.0. The molecule has 7 nitrogen and oxygen atoms in total. The number of nitrogens with zero attached hydrogens (tertiary/aromatic N) is 3. The molecule has 5 rings (SSSR count). The lowest BCUT2D eigenvalue weighted by atomic mass is 10.0. The summed E-state index contributed by atoms with van der Waals surface area (Å²) in [6, 6.07) is 34.2. The van der Waals surface area contributed by atoms with E-state index in [1.165, 1.54) is 95.5 Å². The van der Waals surface area contributed by atoms with Crippen molar-refractivity contribution in [2.24, 2.45) is 0 Å². The van der Waals surface area contributed by atoms with Crippen molar-refractivity contribution < 1.29 is 18.9 Å². The van der Waals surface area contributed by atoms with Gasteiger partial charge in [-0.3, -0.25) is 0 Å². The van der Waals surface area contributed by atoms with Crippen LogP contribution in [0.25, 0.3) is 22.5 Å². The van der Waals surface area contributed by atoms with E-state index in [0.29, 0.717) is 5.56 Å². The number of ether oxygens (including phenoxy) is 4. The van der Waals surface area contributed by atoms with Crippen LogP contribution in [0.4, 0.5) is 0 Å². The molecule has 0 bridgehead atoms. The maximum atomic E-state index is 8.99. The topological polar surface area (TPSA) is 86.5 Å². The number of aryl methyl sites for hydroxylation is 1. The number of nitriles is 1. The van der Waals surface area contributed by atoms with Crippen molar-refractivity contribution in [3.8, 4) is 51.6 Å². The van der Waals surface area contributed by atoms with Gasteiger partial charge in [0.1, 0.15) is 23.0 Å². The quantitative estimate of drug-likeness (QED) is 0.0412. The Morgan fingerprint density at radius 2 is 0.833 bits per heavy atom. The first-order valence-electron chi connectivity index (χ1n) is 22.8. The Kier molecular flexibility index (Phi) is 21.5. The van der Waals surface area contributed by atoms with Gasteiger partial charge < -0.3 is 18.9 Å². The second-order valence-electron chi connectivity index (χ2n) is 15.8. The van der Waals surface area contributed by atoms with Crippen molar-refractivity contribution in [2.75, 3.05) is 26.4 Å². The number of rotatable bonds is 31. The van der Waals surface area contributed by atoms with Crippen LogP contribution in [0.15, 0.2) is 109 Å². The first-order chi connectivity index (χ1) is 29.7. The molecule has 60 heavy (non-hydrogen) atoms. The van der Waals surface area contributed by atoms with Crippen molar-refractivity contribution in [3.05, 3.63) is 121 Å². The average molecular weight is 810 g/mol. The van der Waals surface area contributed by atoms with E-state index in [4.69, 9.17) is 24.2 Å². The van der Waals surface area contributed by atoms with E-state index in [1.54, 1.807) is 0 Å². The highest BCUT2D eigenvalue weighted by atomic mass is 16.5. The van der Waals surface area contributed by atoms with E-state index >= 15 is 0 Å². The van der Waals surface area contributed by atoms with Crippen molar-refractivity contribution in [2.45, 2.75) is 129 Å². The van der Waals surface area contributed by atoms with E-state index in [0.717, 1.165) is 104 Å². The van der Waals surface area contributed by atoms with Gasteiger partial charge in [-0.15, -0.1) is 0 Å². The van der Waals surface area contributed by atoms with E-state index in [1.807, 2.05) is 85.2 Å². The molecule has 1 heterocycles. The molecule has 0 aliphatic carbocycles. The Morgan fingerprint density at radius 1 is 0.433 bits per heavy atom. The minimum Gasteiger partial charge on any atom is -0.494 e. The molecular weight excluding hydrogens is 743 g/mol. The third kappa shape index (κ3) is 17.9. The zero-order valence-electron chi connectivity index (χ0n) is 36.1. The largest absolute Gasteiger partial charge is 0.494 e. The van der Waals surface area contributed by atoms with Gasteiger partial charge in [0.2, 0.25) is 0 Å². The Balaban J connectivity index is 0.804. The zero-order valence-corrected chi connectivity index (χ0v) is 36.1. The van der Waals surface area contributed by atoms with Gasteiger partial charge in [-0.25, -0.2) is 9.97 Å². The lowest BCUT2D eigenvalue weighted by Crippen LogP contribution is -2.00. The molecule has 0 radical (unpaired) electrons. The van der Waals surface area contributed by atoms with Gasteiger partial charge in [-0.05, 0) is 116 Å². The van der Waals surface area contributed by atoms with Gasteiger partial charge in [-0.2, -0.15) is 5.26 Å². The summed E-state index contributed by atoms with van der Waals surface area (Å²) in [5, 5.41) is 8.99. The monoisotopic (exact) mass is 810 g/mol. The lowest BCUT2D eigenvalue weighted by Gasteiger charge is -2.10. The van der Waals surface area contributed by atoms with Gasteiger partial charge >= 0.3 is 0 Å². The smallest absolute Gasteiger partial charge is 0.159 e. The van der Waals surface area contributed by atoms with Crippen molar-refractivity contribution in [3.63, 3.8) is 0 Å². The lowest BCUT2D eigenvalue weighted by molar-refractivity contribution is 0.287. The molecule has 0 N–H and O–H groups in total. The summed E-state index contributed by atoms with van der Waals surface area (Å²) in [5.41, 5.74) is 5.14. The molecular formula is C53H67N3O4. The van der Waals surface area contributed by atoms with Crippen LogP contribution in [0.1, 0.15) is 134 Å². The molecule has 0 aliphatic heterocycles. The van der Waals surface area contributed by atoms with E-state index in [-0.39, 0.29) is 0 Å². The fraction of sp³-hybridized carbons (Fsp3) is 0.453. The summed E-state index contributed by atoms with van der Waals surface area (Å²) in [6.07, 6.45) is 26.6. The highest BCUT2D eigenvalue weighted by Gasteiger charge is 2.05. The third-order valence-corrected chi connectivity index (χ3v) is 10.8. The number of hydrogen-bond acceptors (Lipinski definition) is 7. The standard InChI is InChI=1S/C53H67N3O4/c1-2-3-4-5-10-15-21-45-42-55-53(56-43-45)48-30-34-50(35-31-48)58-37-17-12-7-9-14-19-39-60-52-23-20-22-51(40-52)59-38-18-13-8-6-11-16-36-57-49-32-28-47(29-33-49)46-26-24-44(41-54)25-27-46/h20,22-35,40,42-43H,2-19,21,36-39H2,1H3. The second kappa shape index (κ2) is 28.2. The molecule has 0 saturated carbocycles. The molecule has 7 heteroatoms. The molecule has 0 fully saturated rings. The van der Waals surface area contributed by atoms with E-state index in [9.17, 15) is 0 Å². The first-order valence-corrected chi connectivity index (χ1v) is 22.8. The maximum Gasteiger partial charge on any atom is 0.159 e. The molecule has 0 atom stereocenters. The molecule has 0 spiro atoms. The zero-order chi connectivity index (χ0) is 41.7. The number of aromatic nitrogens is 2. The van der Waals surface area contributed by atoms with Crippen LogP contribution in [0.3, 0.4) is 0 Å². The van der Waals surface area contributed by atoms with Gasteiger partial charge in [0.15, 0.2) is 5.82 Å². The first kappa shape index (κ1) is 45.7. The Hall–Kier alpha value is -5.35. The van der Waals surface area contributed by atoms with Crippen LogP contribution in [0.2, 0.25) is 0 Å². The minimum atomic E-state index is 0.674. The number of benzene rings is 4. The van der Waals surface area contributed by atoms with Crippen molar-refractivity contribution in [1.29, 1.82) is 5.26 Å². The van der Waals surface area contributed by atoms with Crippen LogP contribution in [-0.4, -0.2) is 36.4 Å². The van der Waals surface area contributed by atoms with Crippen LogP contribution in [0, 0.1) is 11.3 Å². The number of unbranched alkanes of at least 4 members (excludes halogenated alkanes) is 15. The highest BCUT2D eigenvalue weighted by Crippen LogP contribution is 2.24. The predicted molar refractivity (Wildman–Crippen MR) is 245 cm³/mol. The normalized spacial score (nSPS) is 10.9. The predicted octanol–water partition coefficient (Wildman–Crippen LogP) is 14.2. The fourth-order valence-corrected chi connectivity index (χ4v) is 7.16. The minimum absolute atomic E-state index is 0.674. The molecule has 0 unspecified atom stereocenters. The SMILES string of the molecule is CCCCCCCCc1cnc(-c2ccc(OCCCCCCCCOc3cccc(OCCCCCCCCOc4ccc(-c5ccc(C#N)cc5)cc4)c3)cc2)nc1. The molecule has 4 aromatic carbocycles. The number of hydrogen-bond donors (Lipinski definition) is 0. The summed E-state index contributed by atoms with van der Waals surface area (Å²) in [6.45, 7) is 5.19. The maximum absolute atomic E-state index is 8.99. The Labute approximate surface area is 360 Å². The van der Waals surface area contributed by atoms with Crippen LogP contribution >= 0.6 is 0 Å². The van der Waals surface area contributed by atoms with Crippen LogP contribution < -0.4 is 18.9 Å². The molecule has 0 aliphatic rings.